The summed E-state index contributed by atoms with van der Waals surface area (Å²) in [6.45, 7) is 6.68. The maximum atomic E-state index is 13.5. The number of nitrogens with zero attached hydrogens (tertiary/aromatic N) is 1. The van der Waals surface area contributed by atoms with Gasteiger partial charge in [0.05, 0.1) is 33.8 Å². The molecule has 0 aliphatic carbocycles. The Balaban J connectivity index is 5.26. The summed E-state index contributed by atoms with van der Waals surface area (Å²) in [4.78, 5) is 39.8. The van der Waals surface area contributed by atoms with Gasteiger partial charge in [-0.1, -0.05) is 228 Å². The van der Waals surface area contributed by atoms with Gasteiger partial charge in [0.1, 0.15) is 19.3 Å². The quantitative estimate of drug-likeness (QED) is 0.0212. The van der Waals surface area contributed by atoms with E-state index < -0.39 is 26.6 Å². The number of rotatable bonds is 51. The minimum absolute atomic E-state index is 0.0303. The summed E-state index contributed by atoms with van der Waals surface area (Å²) in [5.41, 5.74) is 0. The number of hydrogen-bond acceptors (Lipinski definition) is 7. The molecule has 9 nitrogen and oxygen atoms in total. The Morgan fingerprint density at radius 2 is 0.901 bits per heavy atom. The number of hydrogen-bond donors (Lipinski definition) is 1. The van der Waals surface area contributed by atoms with Crippen molar-refractivity contribution in [3.63, 3.8) is 0 Å². The van der Waals surface area contributed by atoms with Gasteiger partial charge in [-0.3, -0.25) is 14.2 Å². The molecular weight excluding hydrogens is 904 g/mol. The van der Waals surface area contributed by atoms with Crippen molar-refractivity contribution in [2.75, 3.05) is 40.9 Å². The summed E-state index contributed by atoms with van der Waals surface area (Å²) in [5.74, 6) is -0.574. The van der Waals surface area contributed by atoms with Crippen LogP contribution in [0.4, 0.5) is 0 Å². The first-order valence-corrected chi connectivity index (χ1v) is 30.4. The van der Waals surface area contributed by atoms with Gasteiger partial charge in [0, 0.05) is 12.8 Å². The number of amides is 1. The van der Waals surface area contributed by atoms with Crippen molar-refractivity contribution in [2.24, 2.45) is 0 Å². The maximum Gasteiger partial charge on any atom is 0.306 e. The van der Waals surface area contributed by atoms with E-state index in [2.05, 4.69) is 99.0 Å². The first kappa shape index (κ1) is 68.2. The molecule has 0 aliphatic heterocycles. The number of quaternary nitrogens is 1. The molecule has 0 saturated heterocycles. The second-order valence-electron chi connectivity index (χ2n) is 20.4. The molecular formula is C61H109N2O7P. The fourth-order valence-electron chi connectivity index (χ4n) is 7.88. The van der Waals surface area contributed by atoms with Crippen LogP contribution < -0.4 is 10.2 Å². The number of phosphoric ester groups is 1. The van der Waals surface area contributed by atoms with Crippen LogP contribution in [0.25, 0.3) is 0 Å². The van der Waals surface area contributed by atoms with Gasteiger partial charge in [0.15, 0.2) is 0 Å². The Bertz CT molecular complexity index is 1490. The van der Waals surface area contributed by atoms with E-state index in [1.54, 1.807) is 0 Å². The molecule has 1 amide bonds. The zero-order chi connectivity index (χ0) is 52.2. The lowest BCUT2D eigenvalue weighted by Crippen LogP contribution is -2.47. The second-order valence-corrected chi connectivity index (χ2v) is 21.8. The SMILES string of the molecule is CC/C=C\C/C=C\C/C=C\C/C=C\C/C=C\C/C=C\CCCCCCC(=O)NC(COP(=O)([O-])OCC[N+](C)(C)C)C(/C=C\CCCCCCCCCCC)OC(=O)CCCCCCCCCCCCC. The van der Waals surface area contributed by atoms with Crippen molar-refractivity contribution in [1.29, 1.82) is 0 Å². The number of nitrogens with one attached hydrogen (secondary N) is 1. The molecule has 0 spiro atoms. The topological polar surface area (TPSA) is 114 Å². The predicted molar refractivity (Wildman–Crippen MR) is 302 cm³/mol. The summed E-state index contributed by atoms with van der Waals surface area (Å²) < 4.78 is 30.2. The lowest BCUT2D eigenvalue weighted by Gasteiger charge is -2.30. The van der Waals surface area contributed by atoms with Gasteiger partial charge in [0.25, 0.3) is 7.82 Å². The number of carbonyl (C=O) groups excluding carboxylic acids is 2. The van der Waals surface area contributed by atoms with Crippen molar-refractivity contribution in [3.8, 4) is 0 Å². The summed E-state index contributed by atoms with van der Waals surface area (Å²) in [5, 5.41) is 3.00. The van der Waals surface area contributed by atoms with E-state index in [0.717, 1.165) is 103 Å². The molecule has 410 valence electrons. The van der Waals surface area contributed by atoms with Gasteiger partial charge in [-0.15, -0.1) is 0 Å². The van der Waals surface area contributed by atoms with Crippen LogP contribution in [0.5, 0.6) is 0 Å². The highest BCUT2D eigenvalue weighted by Gasteiger charge is 2.27. The number of likely N-dealkylation sites (N-methyl/N-ethyl adjacent to an activating group) is 1. The number of phosphoric acid groups is 1. The fourth-order valence-corrected chi connectivity index (χ4v) is 8.60. The van der Waals surface area contributed by atoms with E-state index in [9.17, 15) is 19.0 Å². The van der Waals surface area contributed by atoms with E-state index in [-0.39, 0.29) is 31.3 Å². The molecule has 0 radical (unpaired) electrons. The second kappa shape index (κ2) is 50.7. The highest BCUT2D eigenvalue weighted by atomic mass is 31.2. The number of carbonyl (C=O) groups is 2. The zero-order valence-electron chi connectivity index (χ0n) is 46.7. The first-order chi connectivity index (χ1) is 34.4. The maximum absolute atomic E-state index is 13.5. The van der Waals surface area contributed by atoms with Gasteiger partial charge < -0.3 is 28.5 Å². The Hall–Kier alpha value is -2.81. The Labute approximate surface area is 437 Å². The normalized spacial score (nSPS) is 14.4. The average molecular weight is 1010 g/mol. The molecule has 3 atom stereocenters. The summed E-state index contributed by atoms with van der Waals surface area (Å²) in [7, 11) is 1.16. The molecule has 71 heavy (non-hydrogen) atoms. The fraction of sp³-hybridized carbons (Fsp3) is 0.738. The average Bonchev–Trinajstić information content (AvgIpc) is 3.33. The predicted octanol–water partition coefficient (Wildman–Crippen LogP) is 16.8. The molecule has 3 unspecified atom stereocenters. The minimum Gasteiger partial charge on any atom is -0.756 e. The smallest absolute Gasteiger partial charge is 0.306 e. The molecule has 0 aromatic rings. The molecule has 1 N–H and O–H groups in total. The van der Waals surface area contributed by atoms with Crippen LogP contribution in [0, 0.1) is 0 Å². The largest absolute Gasteiger partial charge is 0.756 e. The highest BCUT2D eigenvalue weighted by Crippen LogP contribution is 2.38. The molecule has 0 fully saturated rings. The molecule has 0 bridgehead atoms. The lowest BCUT2D eigenvalue weighted by atomic mass is 10.0. The van der Waals surface area contributed by atoms with Gasteiger partial charge in [0.2, 0.25) is 5.91 Å². The highest BCUT2D eigenvalue weighted by molar-refractivity contribution is 7.45. The van der Waals surface area contributed by atoms with Crippen LogP contribution in [-0.2, 0) is 27.9 Å². The van der Waals surface area contributed by atoms with Gasteiger partial charge in [-0.2, -0.15) is 0 Å². The Morgan fingerprint density at radius 3 is 1.35 bits per heavy atom. The standard InChI is InChI=1S/C61H109N2O7P/c1-7-10-13-16-19-22-25-26-27-28-29-30-31-32-33-34-35-36-39-41-44-47-50-53-60(64)62-58(57-69-71(66,67)68-56-55-63(4,5)6)59(52-49-46-43-40-37-23-20-17-14-11-8-2)70-61(65)54-51-48-45-42-38-24-21-18-15-12-9-3/h10,13,19,22,26-27,29-30,32-33,35-36,49,52,58-59H,7-9,11-12,14-18,20-21,23-25,28,31,34,37-48,50-51,53-57H2,1-6H3,(H-,62,64,66,67)/b13-10-,22-19-,27-26-,30-29-,33-32-,36-35-,52-49-. The molecule has 0 aromatic carbocycles. The van der Waals surface area contributed by atoms with E-state index in [1.165, 1.54) is 96.3 Å². The monoisotopic (exact) mass is 1010 g/mol. The van der Waals surface area contributed by atoms with Crippen LogP contribution in [0.2, 0.25) is 0 Å². The van der Waals surface area contributed by atoms with E-state index in [0.29, 0.717) is 17.4 Å². The molecule has 0 aromatic heterocycles. The third-order valence-electron chi connectivity index (χ3n) is 12.3. The third kappa shape index (κ3) is 51.9. The van der Waals surface area contributed by atoms with Gasteiger partial charge >= 0.3 is 5.97 Å². The molecule has 10 heteroatoms. The zero-order valence-corrected chi connectivity index (χ0v) is 47.5. The van der Waals surface area contributed by atoms with E-state index in [1.807, 2.05) is 33.3 Å². The van der Waals surface area contributed by atoms with E-state index in [4.69, 9.17) is 13.8 Å². The summed E-state index contributed by atoms with van der Waals surface area (Å²) >= 11 is 0. The van der Waals surface area contributed by atoms with Gasteiger partial charge in [-0.25, -0.2) is 0 Å². The van der Waals surface area contributed by atoms with Crippen LogP contribution >= 0.6 is 7.82 Å². The number of allylic oxidation sites excluding steroid dienone is 13. The number of esters is 1. The molecule has 0 heterocycles. The summed E-state index contributed by atoms with van der Waals surface area (Å²) in [6, 6.07) is -0.902. The van der Waals surface area contributed by atoms with E-state index >= 15 is 0 Å². The van der Waals surface area contributed by atoms with Crippen molar-refractivity contribution in [2.45, 2.75) is 251 Å². The summed E-state index contributed by atoms with van der Waals surface area (Å²) in [6.07, 6.45) is 65.5. The van der Waals surface area contributed by atoms with Gasteiger partial charge in [-0.05, 0) is 83.1 Å². The van der Waals surface area contributed by atoms with Crippen LogP contribution in [-0.4, -0.2) is 69.4 Å². The number of ether oxygens (including phenoxy) is 1. The first-order valence-electron chi connectivity index (χ1n) is 28.9. The molecule has 0 aliphatic rings. The third-order valence-corrected chi connectivity index (χ3v) is 13.3. The minimum atomic E-state index is -4.70. The molecule has 0 rings (SSSR count). The van der Waals surface area contributed by atoms with Crippen LogP contribution in [0.1, 0.15) is 239 Å². The van der Waals surface area contributed by atoms with Crippen molar-refractivity contribution < 1.29 is 37.3 Å². The number of unbranched alkanes of at least 4 members (excludes halogenated alkanes) is 23. The van der Waals surface area contributed by atoms with Crippen LogP contribution in [0.3, 0.4) is 0 Å². The lowest BCUT2D eigenvalue weighted by molar-refractivity contribution is -0.870. The Kier molecular flexibility index (Phi) is 48.7. The van der Waals surface area contributed by atoms with Crippen molar-refractivity contribution >= 4 is 19.7 Å². The van der Waals surface area contributed by atoms with Crippen molar-refractivity contribution in [1.82, 2.24) is 5.32 Å². The Morgan fingerprint density at radius 1 is 0.507 bits per heavy atom. The van der Waals surface area contributed by atoms with Crippen molar-refractivity contribution in [3.05, 3.63) is 85.1 Å². The molecule has 0 saturated carbocycles. The van der Waals surface area contributed by atoms with Crippen LogP contribution in [0.15, 0.2) is 85.1 Å².